The number of halogens is 1. The van der Waals surface area contributed by atoms with Gasteiger partial charge in [0.05, 0.1) is 11.6 Å². The van der Waals surface area contributed by atoms with Gasteiger partial charge in [-0.15, -0.1) is 0 Å². The summed E-state index contributed by atoms with van der Waals surface area (Å²) in [6.07, 6.45) is 2.13. The predicted molar refractivity (Wildman–Crippen MR) is 84.1 cm³/mol. The molecule has 0 aromatic heterocycles. The van der Waals surface area contributed by atoms with Crippen LogP contribution in [0.1, 0.15) is 17.0 Å². The van der Waals surface area contributed by atoms with Crippen molar-refractivity contribution >= 4 is 23.6 Å². The SMILES string of the molecule is CSNc1ccc(C(Cc2ccccc2)C(=O)O)cc1F. The van der Waals surface area contributed by atoms with E-state index in [0.717, 1.165) is 5.56 Å². The van der Waals surface area contributed by atoms with Crippen LogP contribution in [0, 0.1) is 5.82 Å². The van der Waals surface area contributed by atoms with Crippen molar-refractivity contribution in [3.05, 3.63) is 65.5 Å². The fraction of sp³-hybridized carbons (Fsp3) is 0.188. The number of rotatable bonds is 6. The molecule has 3 nitrogen and oxygen atoms in total. The van der Waals surface area contributed by atoms with Crippen LogP contribution in [0.2, 0.25) is 0 Å². The third-order valence-corrected chi connectivity index (χ3v) is 3.61. The Hall–Kier alpha value is -2.01. The quantitative estimate of drug-likeness (QED) is 0.794. The van der Waals surface area contributed by atoms with Gasteiger partial charge in [0.15, 0.2) is 0 Å². The van der Waals surface area contributed by atoms with Gasteiger partial charge in [-0.05, 0) is 29.7 Å². The zero-order valence-electron chi connectivity index (χ0n) is 11.5. The molecule has 1 atom stereocenters. The first-order valence-electron chi connectivity index (χ1n) is 6.47. The summed E-state index contributed by atoms with van der Waals surface area (Å²) in [5.74, 6) is -2.16. The molecule has 110 valence electrons. The molecule has 0 fully saturated rings. The van der Waals surface area contributed by atoms with Crippen molar-refractivity contribution < 1.29 is 14.3 Å². The van der Waals surface area contributed by atoms with Crippen molar-refractivity contribution in [2.75, 3.05) is 11.0 Å². The van der Waals surface area contributed by atoms with Crippen LogP contribution in [-0.4, -0.2) is 17.3 Å². The van der Waals surface area contributed by atoms with Crippen molar-refractivity contribution in [2.24, 2.45) is 0 Å². The predicted octanol–water partition coefficient (Wildman–Crippen LogP) is 3.93. The molecule has 0 saturated carbocycles. The number of hydrogen-bond donors (Lipinski definition) is 2. The minimum Gasteiger partial charge on any atom is -0.481 e. The fourth-order valence-electron chi connectivity index (χ4n) is 2.14. The Kier molecular flexibility index (Phi) is 5.22. The smallest absolute Gasteiger partial charge is 0.311 e. The summed E-state index contributed by atoms with van der Waals surface area (Å²) in [4.78, 5) is 11.5. The zero-order valence-corrected chi connectivity index (χ0v) is 12.4. The van der Waals surface area contributed by atoms with Gasteiger partial charge >= 0.3 is 5.97 Å². The third-order valence-electron chi connectivity index (χ3n) is 3.19. The highest BCUT2D eigenvalue weighted by Crippen LogP contribution is 2.26. The summed E-state index contributed by atoms with van der Waals surface area (Å²) in [5.41, 5.74) is 1.74. The lowest BCUT2D eigenvalue weighted by atomic mass is 9.92. The highest BCUT2D eigenvalue weighted by Gasteiger charge is 2.21. The molecule has 0 saturated heterocycles. The van der Waals surface area contributed by atoms with Gasteiger partial charge in [0.1, 0.15) is 5.82 Å². The van der Waals surface area contributed by atoms with E-state index in [1.54, 1.807) is 18.4 Å². The molecular formula is C16H16FNO2S. The molecule has 5 heteroatoms. The second-order valence-corrected chi connectivity index (χ2v) is 5.24. The lowest BCUT2D eigenvalue weighted by Gasteiger charge is -2.14. The summed E-state index contributed by atoms with van der Waals surface area (Å²) < 4.78 is 16.7. The number of nitrogens with one attached hydrogen (secondary N) is 1. The minimum atomic E-state index is -0.955. The molecule has 0 heterocycles. The van der Waals surface area contributed by atoms with Gasteiger partial charge < -0.3 is 9.83 Å². The lowest BCUT2D eigenvalue weighted by Crippen LogP contribution is -2.14. The number of hydrogen-bond acceptors (Lipinski definition) is 3. The van der Waals surface area contributed by atoms with E-state index in [-0.39, 0.29) is 0 Å². The molecule has 0 aliphatic carbocycles. The zero-order chi connectivity index (χ0) is 15.2. The summed E-state index contributed by atoms with van der Waals surface area (Å²) in [6.45, 7) is 0. The van der Waals surface area contributed by atoms with E-state index in [9.17, 15) is 14.3 Å². The number of carbonyl (C=O) groups is 1. The second-order valence-electron chi connectivity index (χ2n) is 4.63. The fourth-order valence-corrected chi connectivity index (χ4v) is 2.52. The van der Waals surface area contributed by atoms with E-state index in [0.29, 0.717) is 17.7 Å². The molecule has 2 aromatic carbocycles. The summed E-state index contributed by atoms with van der Waals surface area (Å²) in [7, 11) is 0. The van der Waals surface area contributed by atoms with Crippen molar-refractivity contribution in [1.29, 1.82) is 0 Å². The van der Waals surface area contributed by atoms with Gasteiger partial charge in [-0.2, -0.15) is 0 Å². The monoisotopic (exact) mass is 305 g/mol. The first-order chi connectivity index (χ1) is 10.1. The van der Waals surface area contributed by atoms with Crippen LogP contribution >= 0.6 is 11.9 Å². The average molecular weight is 305 g/mol. The van der Waals surface area contributed by atoms with Crippen LogP contribution in [-0.2, 0) is 11.2 Å². The van der Waals surface area contributed by atoms with Gasteiger partial charge in [0.25, 0.3) is 0 Å². The van der Waals surface area contributed by atoms with Crippen molar-refractivity contribution in [3.8, 4) is 0 Å². The van der Waals surface area contributed by atoms with Crippen LogP contribution in [0.25, 0.3) is 0 Å². The van der Waals surface area contributed by atoms with E-state index in [1.807, 2.05) is 30.3 Å². The first kappa shape index (κ1) is 15.4. The van der Waals surface area contributed by atoms with Gasteiger partial charge in [-0.3, -0.25) is 4.79 Å². The Bertz CT molecular complexity index is 619. The van der Waals surface area contributed by atoms with Gasteiger partial charge in [0.2, 0.25) is 0 Å². The summed E-state index contributed by atoms with van der Waals surface area (Å²) >= 11 is 1.29. The number of carboxylic acids is 1. The maximum atomic E-state index is 13.9. The molecule has 0 bridgehead atoms. The number of aliphatic carboxylic acids is 1. The Labute approximate surface area is 127 Å². The molecule has 0 spiro atoms. The van der Waals surface area contributed by atoms with Crippen molar-refractivity contribution in [2.45, 2.75) is 12.3 Å². The Morgan fingerprint density at radius 2 is 2.00 bits per heavy atom. The standard InChI is InChI=1S/C16H16FNO2S/c1-21-18-15-8-7-12(10-14(15)17)13(16(19)20)9-11-5-3-2-4-6-11/h2-8,10,13,18H,9H2,1H3,(H,19,20). The third kappa shape index (κ3) is 3.98. The molecule has 0 aliphatic heterocycles. The molecule has 2 aromatic rings. The number of benzene rings is 2. The van der Waals surface area contributed by atoms with E-state index in [2.05, 4.69) is 4.72 Å². The molecular weight excluding hydrogens is 289 g/mol. The molecule has 2 rings (SSSR count). The maximum absolute atomic E-state index is 13.9. The van der Waals surface area contributed by atoms with Crippen LogP contribution in [0.3, 0.4) is 0 Å². The van der Waals surface area contributed by atoms with E-state index >= 15 is 0 Å². The van der Waals surface area contributed by atoms with Crippen LogP contribution < -0.4 is 4.72 Å². The van der Waals surface area contributed by atoms with Crippen molar-refractivity contribution in [1.82, 2.24) is 0 Å². The highest BCUT2D eigenvalue weighted by atomic mass is 32.2. The number of anilines is 1. The van der Waals surface area contributed by atoms with E-state index in [1.165, 1.54) is 18.0 Å². The topological polar surface area (TPSA) is 49.3 Å². The van der Waals surface area contributed by atoms with Crippen LogP contribution in [0.15, 0.2) is 48.5 Å². The van der Waals surface area contributed by atoms with E-state index < -0.39 is 17.7 Å². The normalized spacial score (nSPS) is 11.9. The molecule has 0 amide bonds. The van der Waals surface area contributed by atoms with Crippen LogP contribution in [0.4, 0.5) is 10.1 Å². The van der Waals surface area contributed by atoms with Gasteiger partial charge in [0, 0.05) is 6.26 Å². The maximum Gasteiger partial charge on any atom is 0.311 e. The Morgan fingerprint density at radius 1 is 1.29 bits per heavy atom. The van der Waals surface area contributed by atoms with Crippen molar-refractivity contribution in [3.63, 3.8) is 0 Å². The molecule has 1 unspecified atom stereocenters. The highest BCUT2D eigenvalue weighted by molar-refractivity contribution is 7.99. The van der Waals surface area contributed by atoms with Gasteiger partial charge in [-0.25, -0.2) is 4.39 Å². The second kappa shape index (κ2) is 7.13. The first-order valence-corrected chi connectivity index (χ1v) is 7.69. The average Bonchev–Trinajstić information content (AvgIpc) is 2.48. The Balaban J connectivity index is 2.26. The lowest BCUT2D eigenvalue weighted by molar-refractivity contribution is -0.138. The minimum absolute atomic E-state index is 0.338. The Morgan fingerprint density at radius 3 is 2.57 bits per heavy atom. The van der Waals surface area contributed by atoms with Gasteiger partial charge in [-0.1, -0.05) is 48.3 Å². The van der Waals surface area contributed by atoms with Crippen LogP contribution in [0.5, 0.6) is 0 Å². The molecule has 0 radical (unpaired) electrons. The molecule has 2 N–H and O–H groups in total. The summed E-state index contributed by atoms with van der Waals surface area (Å²) in [6, 6.07) is 13.9. The molecule has 21 heavy (non-hydrogen) atoms. The van der Waals surface area contributed by atoms with E-state index in [4.69, 9.17) is 0 Å². The largest absolute Gasteiger partial charge is 0.481 e. The number of carboxylic acid groups (broad SMARTS) is 1. The summed E-state index contributed by atoms with van der Waals surface area (Å²) in [5, 5.41) is 9.41. The molecule has 0 aliphatic rings.